The van der Waals surface area contributed by atoms with Crippen LogP contribution in [0.25, 0.3) is 0 Å². The Kier molecular flexibility index (Phi) is 4.18. The number of ketones is 1. The standard InChI is InChI=1S/C5H8N2.C3H6O/c1-4-5(2)7-3-6-4;1-3(2)4/h3H,1-2H3,(H,6,7);1-2H3. The number of hydrogen-bond donors (Lipinski definition) is 1. The van der Waals surface area contributed by atoms with Crippen molar-refractivity contribution in [2.45, 2.75) is 27.7 Å². The summed E-state index contributed by atoms with van der Waals surface area (Å²) < 4.78 is 0. The van der Waals surface area contributed by atoms with Gasteiger partial charge in [-0.2, -0.15) is 0 Å². The molecule has 1 aromatic heterocycles. The number of nitrogens with zero attached hydrogens (tertiary/aromatic N) is 1. The monoisotopic (exact) mass is 154 g/mol. The quantitative estimate of drug-likeness (QED) is 0.617. The van der Waals surface area contributed by atoms with Crippen LogP contribution >= 0.6 is 0 Å². The van der Waals surface area contributed by atoms with Crippen LogP contribution in [0.5, 0.6) is 0 Å². The molecule has 0 saturated heterocycles. The lowest BCUT2D eigenvalue weighted by Crippen LogP contribution is -1.71. The van der Waals surface area contributed by atoms with Gasteiger partial charge in [-0.15, -0.1) is 0 Å². The minimum absolute atomic E-state index is 0.167. The minimum Gasteiger partial charge on any atom is -0.348 e. The topological polar surface area (TPSA) is 45.8 Å². The van der Waals surface area contributed by atoms with Gasteiger partial charge in [-0.1, -0.05) is 0 Å². The number of nitrogens with one attached hydrogen (secondary N) is 1. The van der Waals surface area contributed by atoms with Gasteiger partial charge < -0.3 is 9.78 Å². The maximum atomic E-state index is 9.44. The molecule has 1 rings (SSSR count). The van der Waals surface area contributed by atoms with Crippen molar-refractivity contribution in [1.82, 2.24) is 9.97 Å². The van der Waals surface area contributed by atoms with Crippen LogP contribution in [-0.2, 0) is 4.79 Å². The molecule has 0 saturated carbocycles. The van der Waals surface area contributed by atoms with Crippen LogP contribution in [0, 0.1) is 13.8 Å². The van der Waals surface area contributed by atoms with E-state index in [1.807, 2.05) is 13.8 Å². The highest BCUT2D eigenvalue weighted by atomic mass is 16.1. The summed E-state index contributed by atoms with van der Waals surface area (Å²) >= 11 is 0. The van der Waals surface area contributed by atoms with Crippen LogP contribution < -0.4 is 0 Å². The van der Waals surface area contributed by atoms with Gasteiger partial charge in [0.25, 0.3) is 0 Å². The highest BCUT2D eigenvalue weighted by molar-refractivity contribution is 5.72. The van der Waals surface area contributed by atoms with Gasteiger partial charge in [0.05, 0.1) is 12.0 Å². The normalized spacial score (nSPS) is 8.36. The van der Waals surface area contributed by atoms with E-state index in [-0.39, 0.29) is 5.78 Å². The highest BCUT2D eigenvalue weighted by Crippen LogP contribution is 1.94. The molecule has 0 fully saturated rings. The Bertz CT molecular complexity index is 207. The molecule has 0 spiro atoms. The summed E-state index contributed by atoms with van der Waals surface area (Å²) in [5.41, 5.74) is 2.24. The molecule has 0 unspecified atom stereocenters. The summed E-state index contributed by atoms with van der Waals surface area (Å²) in [6.07, 6.45) is 1.70. The van der Waals surface area contributed by atoms with E-state index in [4.69, 9.17) is 0 Å². The Hall–Kier alpha value is -1.12. The first-order valence-electron chi connectivity index (χ1n) is 3.47. The van der Waals surface area contributed by atoms with E-state index < -0.39 is 0 Å². The highest BCUT2D eigenvalue weighted by Gasteiger charge is 1.87. The molecule has 1 N–H and O–H groups in total. The lowest BCUT2D eigenvalue weighted by Gasteiger charge is -1.79. The number of aromatic nitrogens is 2. The van der Waals surface area contributed by atoms with Crippen LogP contribution in [0.1, 0.15) is 25.2 Å². The second kappa shape index (κ2) is 4.66. The number of H-pyrrole nitrogens is 1. The van der Waals surface area contributed by atoms with Gasteiger partial charge in [-0.3, -0.25) is 0 Å². The van der Waals surface area contributed by atoms with Crippen molar-refractivity contribution in [2.24, 2.45) is 0 Å². The Morgan fingerprint density at radius 2 is 1.91 bits per heavy atom. The number of aromatic amines is 1. The Morgan fingerprint density at radius 1 is 1.45 bits per heavy atom. The van der Waals surface area contributed by atoms with Crippen molar-refractivity contribution in [3.05, 3.63) is 17.7 Å². The summed E-state index contributed by atoms with van der Waals surface area (Å²) in [7, 11) is 0. The average Bonchev–Trinajstić information content (AvgIpc) is 2.15. The minimum atomic E-state index is 0.167. The predicted molar refractivity (Wildman–Crippen MR) is 44.4 cm³/mol. The third-order valence-electron chi connectivity index (χ3n) is 1.08. The zero-order valence-corrected chi connectivity index (χ0v) is 7.43. The summed E-state index contributed by atoms with van der Waals surface area (Å²) in [5, 5.41) is 0. The molecule has 0 amide bonds. The molecule has 0 aromatic carbocycles. The number of hydrogen-bond acceptors (Lipinski definition) is 2. The van der Waals surface area contributed by atoms with Crippen molar-refractivity contribution < 1.29 is 4.79 Å². The van der Waals surface area contributed by atoms with Gasteiger partial charge in [0, 0.05) is 5.69 Å². The molecular weight excluding hydrogens is 140 g/mol. The summed E-state index contributed by atoms with van der Waals surface area (Å²) in [5.74, 6) is 0.167. The first-order valence-corrected chi connectivity index (χ1v) is 3.47. The van der Waals surface area contributed by atoms with Crippen molar-refractivity contribution in [2.75, 3.05) is 0 Å². The number of aryl methyl sites for hydroxylation is 2. The van der Waals surface area contributed by atoms with Gasteiger partial charge in [0.15, 0.2) is 0 Å². The number of imidazole rings is 1. The van der Waals surface area contributed by atoms with E-state index in [2.05, 4.69) is 9.97 Å². The largest absolute Gasteiger partial charge is 0.348 e. The van der Waals surface area contributed by atoms with Crippen LogP contribution in [0.2, 0.25) is 0 Å². The molecule has 0 atom stereocenters. The van der Waals surface area contributed by atoms with Crippen molar-refractivity contribution >= 4 is 5.78 Å². The number of Topliss-reactive ketones (excluding diaryl/α,β-unsaturated/α-hetero) is 1. The summed E-state index contributed by atoms with van der Waals surface area (Å²) in [6.45, 7) is 7.04. The number of carbonyl (C=O) groups excluding carboxylic acids is 1. The van der Waals surface area contributed by atoms with Gasteiger partial charge >= 0.3 is 0 Å². The lowest BCUT2D eigenvalue weighted by atomic mass is 10.4. The van der Waals surface area contributed by atoms with E-state index >= 15 is 0 Å². The maximum Gasteiger partial charge on any atom is 0.126 e. The maximum absolute atomic E-state index is 9.44. The number of rotatable bonds is 0. The van der Waals surface area contributed by atoms with Gasteiger partial charge in [0.1, 0.15) is 5.78 Å². The van der Waals surface area contributed by atoms with E-state index in [0.717, 1.165) is 11.4 Å². The molecule has 3 heteroatoms. The van der Waals surface area contributed by atoms with Crippen LogP contribution in [0.15, 0.2) is 6.33 Å². The van der Waals surface area contributed by atoms with Gasteiger partial charge in [0.2, 0.25) is 0 Å². The van der Waals surface area contributed by atoms with Gasteiger partial charge in [-0.05, 0) is 27.7 Å². The molecule has 62 valence electrons. The average molecular weight is 154 g/mol. The molecule has 11 heavy (non-hydrogen) atoms. The van der Waals surface area contributed by atoms with Crippen LogP contribution in [-0.4, -0.2) is 15.8 Å². The van der Waals surface area contributed by atoms with Crippen LogP contribution in [0.4, 0.5) is 0 Å². The Labute approximate surface area is 66.9 Å². The summed E-state index contributed by atoms with van der Waals surface area (Å²) in [4.78, 5) is 16.4. The zero-order valence-electron chi connectivity index (χ0n) is 7.43. The van der Waals surface area contributed by atoms with Crippen molar-refractivity contribution in [3.8, 4) is 0 Å². The molecule has 0 aliphatic heterocycles. The van der Waals surface area contributed by atoms with E-state index in [1.54, 1.807) is 6.33 Å². The summed E-state index contributed by atoms with van der Waals surface area (Å²) in [6, 6.07) is 0. The fourth-order valence-electron chi connectivity index (χ4n) is 0.427. The smallest absolute Gasteiger partial charge is 0.126 e. The predicted octanol–water partition coefficient (Wildman–Crippen LogP) is 1.62. The Morgan fingerprint density at radius 3 is 2.00 bits per heavy atom. The van der Waals surface area contributed by atoms with Crippen LogP contribution in [0.3, 0.4) is 0 Å². The first-order chi connectivity index (χ1) is 5.04. The molecule has 0 aliphatic carbocycles. The molecule has 0 radical (unpaired) electrons. The third kappa shape index (κ3) is 5.33. The lowest BCUT2D eigenvalue weighted by molar-refractivity contribution is -0.114. The molecule has 0 aliphatic rings. The fourth-order valence-corrected chi connectivity index (χ4v) is 0.427. The SMILES string of the molecule is CC(C)=O.Cc1nc[nH]c1C. The van der Waals surface area contributed by atoms with Crippen molar-refractivity contribution in [1.29, 1.82) is 0 Å². The molecule has 1 aromatic rings. The first kappa shape index (κ1) is 9.88. The fraction of sp³-hybridized carbons (Fsp3) is 0.500. The molecular formula is C8H14N2O. The zero-order chi connectivity index (χ0) is 8.85. The molecule has 3 nitrogen and oxygen atoms in total. The molecule has 1 heterocycles. The van der Waals surface area contributed by atoms with Gasteiger partial charge in [-0.25, -0.2) is 4.98 Å². The Balaban J connectivity index is 0.000000218. The van der Waals surface area contributed by atoms with E-state index in [0.29, 0.717) is 0 Å². The molecule has 0 bridgehead atoms. The second-order valence-corrected chi connectivity index (χ2v) is 2.52. The van der Waals surface area contributed by atoms with E-state index in [1.165, 1.54) is 13.8 Å². The van der Waals surface area contributed by atoms with Crippen molar-refractivity contribution in [3.63, 3.8) is 0 Å². The third-order valence-corrected chi connectivity index (χ3v) is 1.08. The second-order valence-electron chi connectivity index (χ2n) is 2.52. The number of carbonyl (C=O) groups is 1. The van der Waals surface area contributed by atoms with E-state index in [9.17, 15) is 4.79 Å².